The van der Waals surface area contributed by atoms with Crippen molar-refractivity contribution in [2.45, 2.75) is 59.0 Å². The summed E-state index contributed by atoms with van der Waals surface area (Å²) in [4.78, 5) is 28.3. The maximum absolute atomic E-state index is 12.6. The molecule has 2 amide bonds. The Hall–Kier alpha value is -2.30. The zero-order valence-electron chi connectivity index (χ0n) is 15.6. The van der Waals surface area contributed by atoms with Gasteiger partial charge in [-0.05, 0) is 38.3 Å². The molecule has 0 fully saturated rings. The predicted molar refractivity (Wildman–Crippen MR) is 101 cm³/mol. The Bertz CT molecular complexity index is 717. The third-order valence-electron chi connectivity index (χ3n) is 4.52. The number of carbonyl (C=O) groups excluding carboxylic acids is 2. The number of H-pyrrole nitrogens is 1. The fraction of sp³-hybridized carbons (Fsp3) is 0.500. The van der Waals surface area contributed by atoms with Gasteiger partial charge in [-0.3, -0.25) is 9.59 Å². The second-order valence-corrected chi connectivity index (χ2v) is 6.80. The van der Waals surface area contributed by atoms with Crippen molar-refractivity contribution in [2.75, 3.05) is 0 Å². The largest absolute Gasteiger partial charge is 0.361 e. The summed E-state index contributed by atoms with van der Waals surface area (Å²) >= 11 is 0. The van der Waals surface area contributed by atoms with Crippen LogP contribution in [0.15, 0.2) is 30.5 Å². The fourth-order valence-corrected chi connectivity index (χ4v) is 3.06. The number of aromatic nitrogens is 1. The van der Waals surface area contributed by atoms with Crippen LogP contribution in [0.3, 0.4) is 0 Å². The van der Waals surface area contributed by atoms with E-state index in [1.807, 2.05) is 58.2 Å². The van der Waals surface area contributed by atoms with E-state index in [1.54, 1.807) is 0 Å². The van der Waals surface area contributed by atoms with Crippen molar-refractivity contribution in [1.82, 2.24) is 15.6 Å². The van der Waals surface area contributed by atoms with Crippen LogP contribution in [-0.4, -0.2) is 28.9 Å². The molecule has 5 nitrogen and oxygen atoms in total. The number of hydrogen-bond acceptors (Lipinski definition) is 2. The van der Waals surface area contributed by atoms with Crippen molar-refractivity contribution >= 4 is 22.7 Å². The van der Waals surface area contributed by atoms with Crippen LogP contribution in [0.4, 0.5) is 0 Å². The normalized spacial score (nSPS) is 12.6. The van der Waals surface area contributed by atoms with E-state index in [4.69, 9.17) is 0 Å². The molecule has 0 aliphatic carbocycles. The Labute approximate surface area is 149 Å². The SMILES string of the molecule is CCC(CC)C(=O)N[C@H](Cc1c[nH]c2ccccc12)C(=O)NC(C)C. The lowest BCUT2D eigenvalue weighted by Gasteiger charge is -2.22. The van der Waals surface area contributed by atoms with Crippen molar-refractivity contribution in [3.63, 3.8) is 0 Å². The highest BCUT2D eigenvalue weighted by molar-refractivity contribution is 5.90. The molecule has 0 saturated carbocycles. The van der Waals surface area contributed by atoms with Gasteiger partial charge in [0.25, 0.3) is 0 Å². The summed E-state index contributed by atoms with van der Waals surface area (Å²) < 4.78 is 0. The summed E-state index contributed by atoms with van der Waals surface area (Å²) in [6, 6.07) is 7.44. The van der Waals surface area contributed by atoms with Gasteiger partial charge in [0.15, 0.2) is 0 Å². The average Bonchev–Trinajstić information content (AvgIpc) is 2.98. The second kappa shape index (κ2) is 8.70. The maximum Gasteiger partial charge on any atom is 0.243 e. The lowest BCUT2D eigenvalue weighted by molar-refractivity contribution is -0.131. The molecule has 3 N–H and O–H groups in total. The molecule has 5 heteroatoms. The minimum absolute atomic E-state index is 0.0306. The van der Waals surface area contributed by atoms with Crippen LogP contribution < -0.4 is 10.6 Å². The van der Waals surface area contributed by atoms with Crippen molar-refractivity contribution in [2.24, 2.45) is 5.92 Å². The topological polar surface area (TPSA) is 74.0 Å². The van der Waals surface area contributed by atoms with Gasteiger partial charge in [0.05, 0.1) is 0 Å². The highest BCUT2D eigenvalue weighted by Crippen LogP contribution is 2.19. The van der Waals surface area contributed by atoms with Gasteiger partial charge in [-0.25, -0.2) is 0 Å². The predicted octanol–water partition coefficient (Wildman–Crippen LogP) is 3.16. The third kappa shape index (κ3) is 4.84. The summed E-state index contributed by atoms with van der Waals surface area (Å²) in [5, 5.41) is 6.97. The molecule has 1 aromatic heterocycles. The molecule has 1 atom stereocenters. The number of aromatic amines is 1. The summed E-state index contributed by atoms with van der Waals surface area (Å²) in [5.41, 5.74) is 2.07. The number of fused-ring (bicyclic) bond motifs is 1. The van der Waals surface area contributed by atoms with E-state index in [9.17, 15) is 9.59 Å². The molecule has 136 valence electrons. The molecular weight excluding hydrogens is 314 g/mol. The first-order chi connectivity index (χ1) is 12.0. The van der Waals surface area contributed by atoms with Crippen molar-refractivity contribution in [3.8, 4) is 0 Å². The van der Waals surface area contributed by atoms with E-state index in [1.165, 1.54) is 0 Å². The lowest BCUT2D eigenvalue weighted by atomic mass is 10.00. The number of nitrogens with one attached hydrogen (secondary N) is 3. The standard InChI is InChI=1S/C20H29N3O2/c1-5-14(6-2)19(24)23-18(20(25)22-13(3)4)11-15-12-21-17-10-8-7-9-16(15)17/h7-10,12-14,18,21H,5-6,11H2,1-4H3,(H,22,25)(H,23,24)/t18-/m1/s1. The van der Waals surface area contributed by atoms with E-state index in [-0.39, 0.29) is 23.8 Å². The Kier molecular flexibility index (Phi) is 6.62. The molecule has 0 aliphatic heterocycles. The van der Waals surface area contributed by atoms with Gasteiger partial charge < -0.3 is 15.6 Å². The Balaban J connectivity index is 2.22. The van der Waals surface area contributed by atoms with Crippen LogP contribution in [0.2, 0.25) is 0 Å². The fourth-order valence-electron chi connectivity index (χ4n) is 3.06. The number of rotatable bonds is 8. The minimum Gasteiger partial charge on any atom is -0.361 e. The minimum atomic E-state index is -0.574. The van der Waals surface area contributed by atoms with Crippen LogP contribution in [0.1, 0.15) is 46.1 Å². The number of benzene rings is 1. The smallest absolute Gasteiger partial charge is 0.243 e. The van der Waals surface area contributed by atoms with Gasteiger partial charge in [0.1, 0.15) is 6.04 Å². The molecule has 2 rings (SSSR count). The quantitative estimate of drug-likeness (QED) is 0.689. The van der Waals surface area contributed by atoms with Crippen molar-refractivity contribution in [1.29, 1.82) is 0 Å². The average molecular weight is 343 g/mol. The third-order valence-corrected chi connectivity index (χ3v) is 4.52. The zero-order chi connectivity index (χ0) is 18.4. The van der Waals surface area contributed by atoms with Gasteiger partial charge >= 0.3 is 0 Å². The number of amides is 2. The van der Waals surface area contributed by atoms with Gasteiger partial charge in [-0.2, -0.15) is 0 Å². The molecule has 0 unspecified atom stereocenters. The van der Waals surface area contributed by atoms with Crippen LogP contribution in [0, 0.1) is 5.92 Å². The molecule has 0 radical (unpaired) electrons. The summed E-state index contributed by atoms with van der Waals surface area (Å²) in [5.74, 6) is -0.245. The number of para-hydroxylation sites is 1. The lowest BCUT2D eigenvalue weighted by Crippen LogP contribution is -2.51. The Morgan fingerprint density at radius 1 is 1.04 bits per heavy atom. The molecule has 2 aromatic rings. The molecule has 1 heterocycles. The van der Waals surface area contributed by atoms with Crippen molar-refractivity contribution in [3.05, 3.63) is 36.0 Å². The molecular formula is C20H29N3O2. The number of carbonyl (C=O) groups is 2. The first kappa shape index (κ1) is 19.0. The molecule has 0 aliphatic rings. The highest BCUT2D eigenvalue weighted by Gasteiger charge is 2.25. The monoisotopic (exact) mass is 343 g/mol. The highest BCUT2D eigenvalue weighted by atomic mass is 16.2. The van der Waals surface area contributed by atoms with Gasteiger partial charge in [0, 0.05) is 35.5 Å². The Morgan fingerprint density at radius 3 is 2.36 bits per heavy atom. The molecule has 1 aromatic carbocycles. The van der Waals surface area contributed by atoms with Gasteiger partial charge in [-0.1, -0.05) is 32.0 Å². The zero-order valence-corrected chi connectivity index (χ0v) is 15.6. The van der Waals surface area contributed by atoms with Crippen molar-refractivity contribution < 1.29 is 9.59 Å². The Morgan fingerprint density at radius 2 is 1.72 bits per heavy atom. The first-order valence-electron chi connectivity index (χ1n) is 9.11. The first-order valence-corrected chi connectivity index (χ1v) is 9.11. The van der Waals surface area contributed by atoms with Gasteiger partial charge in [0.2, 0.25) is 11.8 Å². The van der Waals surface area contributed by atoms with Crippen LogP contribution in [0.5, 0.6) is 0 Å². The number of hydrogen-bond donors (Lipinski definition) is 3. The van der Waals surface area contributed by atoms with Crippen LogP contribution in [-0.2, 0) is 16.0 Å². The van der Waals surface area contributed by atoms with E-state index in [2.05, 4.69) is 15.6 Å². The summed E-state index contributed by atoms with van der Waals surface area (Å²) in [7, 11) is 0. The van der Waals surface area contributed by atoms with Crippen LogP contribution >= 0.6 is 0 Å². The van der Waals surface area contributed by atoms with E-state index in [0.717, 1.165) is 29.3 Å². The maximum atomic E-state index is 12.6. The van der Waals surface area contributed by atoms with Crippen LogP contribution in [0.25, 0.3) is 10.9 Å². The van der Waals surface area contributed by atoms with E-state index >= 15 is 0 Å². The van der Waals surface area contributed by atoms with Gasteiger partial charge in [-0.15, -0.1) is 0 Å². The summed E-state index contributed by atoms with van der Waals surface area (Å²) in [6.45, 7) is 7.83. The molecule has 0 bridgehead atoms. The van der Waals surface area contributed by atoms with E-state index < -0.39 is 6.04 Å². The molecule has 0 saturated heterocycles. The second-order valence-electron chi connectivity index (χ2n) is 6.80. The summed E-state index contributed by atoms with van der Waals surface area (Å²) in [6.07, 6.45) is 3.93. The molecule has 25 heavy (non-hydrogen) atoms. The van der Waals surface area contributed by atoms with E-state index in [0.29, 0.717) is 6.42 Å². The molecule has 0 spiro atoms.